The predicted molar refractivity (Wildman–Crippen MR) is 114 cm³/mol. The highest BCUT2D eigenvalue weighted by atomic mass is 16.2. The predicted octanol–water partition coefficient (Wildman–Crippen LogP) is 2.71. The Labute approximate surface area is 174 Å². The summed E-state index contributed by atoms with van der Waals surface area (Å²) in [4.78, 5) is 30.6. The van der Waals surface area contributed by atoms with E-state index in [2.05, 4.69) is 34.9 Å². The molecule has 1 saturated heterocycles. The second-order valence-electron chi connectivity index (χ2n) is 8.03. The van der Waals surface area contributed by atoms with Gasteiger partial charge in [-0.3, -0.25) is 9.48 Å². The molecule has 4 rings (SSSR count). The van der Waals surface area contributed by atoms with E-state index < -0.39 is 5.91 Å². The number of fused-ring (bicyclic) bond motifs is 1. The molecule has 0 saturated carbocycles. The van der Waals surface area contributed by atoms with Crippen LogP contribution in [0, 0.1) is 0 Å². The van der Waals surface area contributed by atoms with Crippen molar-refractivity contribution < 1.29 is 9.59 Å². The summed E-state index contributed by atoms with van der Waals surface area (Å²) in [6, 6.07) is 8.28. The highest BCUT2D eigenvalue weighted by Gasteiger charge is 2.29. The highest BCUT2D eigenvalue weighted by Crippen LogP contribution is 2.31. The van der Waals surface area contributed by atoms with Crippen LogP contribution < -0.4 is 11.1 Å². The van der Waals surface area contributed by atoms with Gasteiger partial charge in [-0.05, 0) is 38.8 Å². The van der Waals surface area contributed by atoms with Crippen LogP contribution in [0.1, 0.15) is 44.5 Å². The number of hydrogen-bond acceptors (Lipinski definition) is 4. The molecule has 1 fully saturated rings. The zero-order valence-electron chi connectivity index (χ0n) is 17.3. The van der Waals surface area contributed by atoms with Gasteiger partial charge in [0.2, 0.25) is 5.91 Å². The number of carbonyl (C=O) groups excluding carboxylic acids is 2. The first-order chi connectivity index (χ1) is 14.4. The van der Waals surface area contributed by atoms with Crippen LogP contribution in [-0.2, 0) is 11.3 Å². The Morgan fingerprint density at radius 2 is 2.10 bits per heavy atom. The number of urea groups is 1. The number of imidazole rings is 1. The quantitative estimate of drug-likeness (QED) is 0.675. The summed E-state index contributed by atoms with van der Waals surface area (Å²) in [7, 11) is 0. The lowest BCUT2D eigenvalue weighted by Gasteiger charge is -2.33. The first-order valence-corrected chi connectivity index (χ1v) is 10.3. The number of para-hydroxylation sites is 2. The largest absolute Gasteiger partial charge is 0.368 e. The first-order valence-electron chi connectivity index (χ1n) is 10.3. The zero-order valence-corrected chi connectivity index (χ0v) is 17.3. The molecule has 0 aliphatic carbocycles. The van der Waals surface area contributed by atoms with Crippen molar-refractivity contribution in [1.82, 2.24) is 24.2 Å². The number of primary amides is 1. The molecule has 0 radical (unpaired) electrons. The molecule has 158 valence electrons. The Kier molecular flexibility index (Phi) is 5.43. The molecule has 3 amide bonds. The molecule has 1 aliphatic rings. The van der Waals surface area contributed by atoms with Crippen LogP contribution >= 0.6 is 0 Å². The van der Waals surface area contributed by atoms with Gasteiger partial charge in [-0.2, -0.15) is 5.10 Å². The minimum atomic E-state index is -0.483. The van der Waals surface area contributed by atoms with Crippen LogP contribution in [0.5, 0.6) is 0 Å². The molecule has 1 unspecified atom stereocenters. The normalized spacial score (nSPS) is 16.9. The maximum atomic E-state index is 12.8. The maximum absolute atomic E-state index is 12.8. The van der Waals surface area contributed by atoms with E-state index >= 15 is 0 Å². The summed E-state index contributed by atoms with van der Waals surface area (Å²) < 4.78 is 3.69. The monoisotopic (exact) mass is 409 g/mol. The van der Waals surface area contributed by atoms with Crippen molar-refractivity contribution in [2.75, 3.05) is 18.4 Å². The number of likely N-dealkylation sites (tertiary alicyclic amines) is 1. The number of anilines is 1. The third kappa shape index (κ3) is 4.00. The second-order valence-corrected chi connectivity index (χ2v) is 8.03. The lowest BCUT2D eigenvalue weighted by Crippen LogP contribution is -2.42. The Hall–Kier alpha value is -3.36. The average molecular weight is 409 g/mol. The molecular weight excluding hydrogens is 382 g/mol. The SMILES string of the molecule is CC(C)n1c(C2CCCN(C(=O)Nc3cnn(CC(N)=O)c3)C2)nc2ccccc21. The summed E-state index contributed by atoms with van der Waals surface area (Å²) in [5, 5.41) is 6.91. The number of piperidine rings is 1. The van der Waals surface area contributed by atoms with Crippen LogP contribution in [0.4, 0.5) is 10.5 Å². The van der Waals surface area contributed by atoms with Gasteiger partial charge < -0.3 is 20.5 Å². The van der Waals surface area contributed by atoms with Crippen molar-refractivity contribution in [3.63, 3.8) is 0 Å². The van der Waals surface area contributed by atoms with Gasteiger partial charge in [-0.15, -0.1) is 0 Å². The fourth-order valence-electron chi connectivity index (χ4n) is 4.14. The number of carbonyl (C=O) groups is 2. The molecular formula is C21H27N7O2. The van der Waals surface area contributed by atoms with E-state index in [1.165, 1.54) is 10.9 Å². The molecule has 3 aromatic rings. The Morgan fingerprint density at radius 3 is 2.87 bits per heavy atom. The van der Waals surface area contributed by atoms with Gasteiger partial charge in [0, 0.05) is 31.2 Å². The van der Waals surface area contributed by atoms with Gasteiger partial charge in [0.05, 0.1) is 22.9 Å². The number of benzene rings is 1. The molecule has 3 heterocycles. The van der Waals surface area contributed by atoms with Crippen LogP contribution in [0.25, 0.3) is 11.0 Å². The van der Waals surface area contributed by atoms with E-state index in [-0.39, 0.29) is 24.5 Å². The van der Waals surface area contributed by atoms with Crippen molar-refractivity contribution in [2.45, 2.75) is 45.2 Å². The minimum Gasteiger partial charge on any atom is -0.368 e. The first kappa shape index (κ1) is 19.9. The molecule has 2 aromatic heterocycles. The van der Waals surface area contributed by atoms with Crippen molar-refractivity contribution in [3.05, 3.63) is 42.5 Å². The van der Waals surface area contributed by atoms with Crippen molar-refractivity contribution in [3.8, 4) is 0 Å². The van der Waals surface area contributed by atoms with E-state index in [1.807, 2.05) is 23.1 Å². The highest BCUT2D eigenvalue weighted by molar-refractivity contribution is 5.89. The van der Waals surface area contributed by atoms with E-state index in [0.29, 0.717) is 18.8 Å². The van der Waals surface area contributed by atoms with Crippen molar-refractivity contribution in [1.29, 1.82) is 0 Å². The van der Waals surface area contributed by atoms with Crippen LogP contribution in [-0.4, -0.2) is 49.3 Å². The van der Waals surface area contributed by atoms with Gasteiger partial charge in [0.15, 0.2) is 0 Å². The summed E-state index contributed by atoms with van der Waals surface area (Å²) in [6.07, 6.45) is 5.03. The van der Waals surface area contributed by atoms with E-state index in [0.717, 1.165) is 29.7 Å². The third-order valence-corrected chi connectivity index (χ3v) is 5.42. The smallest absolute Gasteiger partial charge is 0.321 e. The maximum Gasteiger partial charge on any atom is 0.321 e. The van der Waals surface area contributed by atoms with Crippen LogP contribution in [0.15, 0.2) is 36.7 Å². The summed E-state index contributed by atoms with van der Waals surface area (Å²) in [5.74, 6) is 0.734. The molecule has 0 bridgehead atoms. The Morgan fingerprint density at radius 1 is 1.30 bits per heavy atom. The lowest BCUT2D eigenvalue weighted by molar-refractivity contribution is -0.118. The van der Waals surface area contributed by atoms with Gasteiger partial charge in [0.1, 0.15) is 12.4 Å². The van der Waals surface area contributed by atoms with Gasteiger partial charge in [-0.1, -0.05) is 12.1 Å². The standard InChI is InChI=1S/C21H27N7O2/c1-14(2)28-18-8-4-3-7-17(18)25-20(28)15-6-5-9-26(11-15)21(30)24-16-10-23-27(12-16)13-19(22)29/h3-4,7-8,10,12,14-15H,5-6,9,11,13H2,1-2H3,(H2,22,29)(H,24,30). The number of aromatic nitrogens is 4. The fourth-order valence-corrected chi connectivity index (χ4v) is 4.14. The summed E-state index contributed by atoms with van der Waals surface area (Å²) in [5.41, 5.74) is 7.84. The molecule has 9 heteroatoms. The van der Waals surface area contributed by atoms with Crippen LogP contribution in [0.3, 0.4) is 0 Å². The van der Waals surface area contributed by atoms with E-state index in [9.17, 15) is 9.59 Å². The topological polar surface area (TPSA) is 111 Å². The molecule has 0 spiro atoms. The Bertz CT molecular complexity index is 1070. The number of nitrogens with one attached hydrogen (secondary N) is 1. The number of rotatable bonds is 5. The van der Waals surface area contributed by atoms with E-state index in [1.54, 1.807) is 6.20 Å². The van der Waals surface area contributed by atoms with Crippen molar-refractivity contribution >= 4 is 28.7 Å². The second kappa shape index (κ2) is 8.17. The van der Waals surface area contributed by atoms with E-state index in [4.69, 9.17) is 10.7 Å². The number of hydrogen-bond donors (Lipinski definition) is 2. The minimum absolute atomic E-state index is 0.0208. The zero-order chi connectivity index (χ0) is 21.3. The molecule has 1 aromatic carbocycles. The molecule has 3 N–H and O–H groups in total. The fraction of sp³-hybridized carbons (Fsp3) is 0.429. The third-order valence-electron chi connectivity index (χ3n) is 5.42. The molecule has 30 heavy (non-hydrogen) atoms. The lowest BCUT2D eigenvalue weighted by atomic mass is 9.97. The number of amides is 3. The summed E-state index contributed by atoms with van der Waals surface area (Å²) >= 11 is 0. The van der Waals surface area contributed by atoms with Gasteiger partial charge >= 0.3 is 6.03 Å². The number of nitrogens with zero attached hydrogens (tertiary/aromatic N) is 5. The van der Waals surface area contributed by atoms with Gasteiger partial charge in [-0.25, -0.2) is 9.78 Å². The summed E-state index contributed by atoms with van der Waals surface area (Å²) in [6.45, 7) is 5.60. The van der Waals surface area contributed by atoms with Gasteiger partial charge in [0.25, 0.3) is 0 Å². The van der Waals surface area contributed by atoms with Crippen LogP contribution in [0.2, 0.25) is 0 Å². The average Bonchev–Trinajstić information content (AvgIpc) is 3.31. The van der Waals surface area contributed by atoms with Crippen molar-refractivity contribution in [2.24, 2.45) is 5.73 Å². The molecule has 1 aliphatic heterocycles. The number of nitrogens with two attached hydrogens (primary N) is 1. The molecule has 1 atom stereocenters. The molecule has 9 nitrogen and oxygen atoms in total. The Balaban J connectivity index is 1.50.